The molecule has 1 aromatic carbocycles. The number of likely N-dealkylation sites (tertiary alicyclic amines) is 1. The maximum Gasteiger partial charge on any atom is 0.314 e. The van der Waals surface area contributed by atoms with Gasteiger partial charge in [-0.25, -0.2) is 8.42 Å². The van der Waals surface area contributed by atoms with Gasteiger partial charge in [-0.2, -0.15) is 8.78 Å². The van der Waals surface area contributed by atoms with Crippen LogP contribution in [-0.2, 0) is 21.3 Å². The molecule has 3 aromatic rings. The molecule has 2 aliphatic heterocycles. The lowest BCUT2D eigenvalue weighted by Crippen LogP contribution is -2.54. The molecule has 0 atom stereocenters. The van der Waals surface area contributed by atoms with E-state index >= 15 is 0 Å². The van der Waals surface area contributed by atoms with E-state index in [2.05, 4.69) is 20.1 Å². The Hall–Kier alpha value is -2.67. The van der Waals surface area contributed by atoms with Crippen LogP contribution < -0.4 is 4.31 Å². The normalized spacial score (nSPS) is 17.9. The fourth-order valence-electron chi connectivity index (χ4n) is 4.34. The van der Waals surface area contributed by atoms with Gasteiger partial charge in [-0.15, -0.1) is 10.2 Å². The Morgan fingerprint density at radius 2 is 1.92 bits per heavy atom. The number of pyridine rings is 1. The Bertz CT molecular complexity index is 1300. The maximum absolute atomic E-state index is 13.8. The largest absolute Gasteiger partial charge is 0.415 e. The van der Waals surface area contributed by atoms with Gasteiger partial charge in [0, 0.05) is 11.2 Å². The summed E-state index contributed by atoms with van der Waals surface area (Å²) in [7, 11) is -3.75. The third-order valence-electron chi connectivity index (χ3n) is 6.44. The van der Waals surface area contributed by atoms with Gasteiger partial charge in [0.1, 0.15) is 0 Å². The van der Waals surface area contributed by atoms with Crippen molar-refractivity contribution in [3.8, 4) is 11.5 Å². The Kier molecular flexibility index (Phi) is 7.20. The summed E-state index contributed by atoms with van der Waals surface area (Å²) in [5.74, 6) is -0.865. The van der Waals surface area contributed by atoms with E-state index in [0.29, 0.717) is 67.2 Å². The standard InChI is InChI=1S/C23H24ClF2N5O4S/c24-16-2-1-3-18(10-16)31(36(32,33)20-6-8-30(9-7-20)19-13-34-14-19)12-17-5-4-15(11-27-17)22-28-29-23(35-22)21(25)26/h1-5,10-11,19-21H,6-9,12-14H2. The number of rotatable bonds is 8. The van der Waals surface area contributed by atoms with Crippen LogP contribution in [0.15, 0.2) is 47.0 Å². The van der Waals surface area contributed by atoms with Crippen LogP contribution in [0, 0.1) is 0 Å². The summed E-state index contributed by atoms with van der Waals surface area (Å²) in [4.78, 5) is 6.62. The average molecular weight is 540 g/mol. The van der Waals surface area contributed by atoms with E-state index in [-0.39, 0.29) is 12.4 Å². The number of hydrogen-bond donors (Lipinski definition) is 0. The molecule has 2 fully saturated rings. The van der Waals surface area contributed by atoms with Gasteiger partial charge in [-0.3, -0.25) is 14.2 Å². The van der Waals surface area contributed by atoms with Crippen molar-refractivity contribution < 1.29 is 26.4 Å². The van der Waals surface area contributed by atoms with Gasteiger partial charge in [-0.1, -0.05) is 17.7 Å². The lowest BCUT2D eigenvalue weighted by atomic mass is 10.1. The topological polar surface area (TPSA) is 102 Å². The number of piperidine rings is 1. The molecule has 0 aliphatic carbocycles. The molecule has 0 N–H and O–H groups in total. The average Bonchev–Trinajstić information content (AvgIpc) is 3.33. The number of ether oxygens (including phenoxy) is 1. The number of alkyl halides is 2. The highest BCUT2D eigenvalue weighted by atomic mass is 35.5. The van der Waals surface area contributed by atoms with E-state index in [1.807, 2.05) is 0 Å². The number of halogens is 3. The molecule has 0 saturated carbocycles. The minimum atomic E-state index is -3.75. The molecule has 4 heterocycles. The molecule has 13 heteroatoms. The third-order valence-corrected chi connectivity index (χ3v) is 8.95. The number of hydrogen-bond acceptors (Lipinski definition) is 8. The van der Waals surface area contributed by atoms with Crippen molar-refractivity contribution >= 4 is 27.3 Å². The predicted octanol–water partition coefficient (Wildman–Crippen LogP) is 3.92. The zero-order chi connectivity index (χ0) is 25.3. The molecule has 192 valence electrons. The summed E-state index contributed by atoms with van der Waals surface area (Å²) in [6, 6.07) is 10.2. The van der Waals surface area contributed by atoms with Crippen molar-refractivity contribution in [2.45, 2.75) is 37.1 Å². The molecule has 2 saturated heterocycles. The fourth-order valence-corrected chi connectivity index (χ4v) is 6.41. The van der Waals surface area contributed by atoms with E-state index < -0.39 is 27.6 Å². The molecular formula is C23H24ClF2N5O4S. The summed E-state index contributed by atoms with van der Waals surface area (Å²) in [6.45, 7) is 2.76. The molecule has 9 nitrogen and oxygen atoms in total. The summed E-state index contributed by atoms with van der Waals surface area (Å²) < 4.78 is 64.7. The van der Waals surface area contributed by atoms with Crippen LogP contribution in [-0.4, -0.2) is 66.1 Å². The highest BCUT2D eigenvalue weighted by Crippen LogP contribution is 2.31. The van der Waals surface area contributed by atoms with Gasteiger partial charge >= 0.3 is 6.43 Å². The third kappa shape index (κ3) is 5.22. The van der Waals surface area contributed by atoms with E-state index in [4.69, 9.17) is 20.8 Å². The van der Waals surface area contributed by atoms with Crippen molar-refractivity contribution in [1.82, 2.24) is 20.1 Å². The van der Waals surface area contributed by atoms with E-state index in [1.54, 1.807) is 36.4 Å². The summed E-state index contributed by atoms with van der Waals surface area (Å²) in [6.07, 6.45) is -0.443. The van der Waals surface area contributed by atoms with Crippen LogP contribution in [0.25, 0.3) is 11.5 Å². The number of sulfonamides is 1. The van der Waals surface area contributed by atoms with Crippen LogP contribution in [0.3, 0.4) is 0 Å². The molecular weight excluding hydrogens is 516 g/mol. The first-order valence-corrected chi connectivity index (χ1v) is 13.3. The predicted molar refractivity (Wildman–Crippen MR) is 128 cm³/mol. The minimum absolute atomic E-state index is 0.0221. The van der Waals surface area contributed by atoms with Gasteiger partial charge in [-0.05, 0) is 56.3 Å². The Morgan fingerprint density at radius 1 is 1.14 bits per heavy atom. The number of benzene rings is 1. The maximum atomic E-state index is 13.8. The van der Waals surface area contributed by atoms with Gasteiger partial charge in [0.25, 0.3) is 5.89 Å². The monoisotopic (exact) mass is 539 g/mol. The Labute approximate surface area is 212 Å². The zero-order valence-electron chi connectivity index (χ0n) is 19.1. The summed E-state index contributed by atoms with van der Waals surface area (Å²) in [5.41, 5.74) is 1.25. The first-order chi connectivity index (χ1) is 17.3. The second-order valence-corrected chi connectivity index (χ2v) is 11.3. The van der Waals surface area contributed by atoms with Crippen molar-refractivity contribution in [2.75, 3.05) is 30.6 Å². The first kappa shape index (κ1) is 25.0. The molecule has 36 heavy (non-hydrogen) atoms. The molecule has 2 aliphatic rings. The van der Waals surface area contributed by atoms with Crippen LogP contribution in [0.4, 0.5) is 14.5 Å². The second kappa shape index (κ2) is 10.4. The van der Waals surface area contributed by atoms with Crippen molar-refractivity contribution in [1.29, 1.82) is 0 Å². The molecule has 0 radical (unpaired) electrons. The molecule has 0 spiro atoms. The van der Waals surface area contributed by atoms with Crippen molar-refractivity contribution in [3.63, 3.8) is 0 Å². The highest BCUT2D eigenvalue weighted by molar-refractivity contribution is 7.93. The molecule has 0 amide bonds. The second-order valence-electron chi connectivity index (χ2n) is 8.74. The number of nitrogens with zero attached hydrogens (tertiary/aromatic N) is 5. The zero-order valence-corrected chi connectivity index (χ0v) is 20.7. The molecule has 0 bridgehead atoms. The van der Waals surface area contributed by atoms with Gasteiger partial charge < -0.3 is 9.15 Å². The molecule has 0 unspecified atom stereocenters. The Balaban J connectivity index is 1.37. The fraction of sp³-hybridized carbons (Fsp3) is 0.435. The van der Waals surface area contributed by atoms with Gasteiger partial charge in [0.05, 0.1) is 48.0 Å². The van der Waals surface area contributed by atoms with E-state index in [9.17, 15) is 17.2 Å². The molecule has 2 aromatic heterocycles. The van der Waals surface area contributed by atoms with Crippen molar-refractivity contribution in [2.24, 2.45) is 0 Å². The minimum Gasteiger partial charge on any atom is -0.415 e. The van der Waals surface area contributed by atoms with E-state index in [0.717, 1.165) is 0 Å². The first-order valence-electron chi connectivity index (χ1n) is 11.5. The summed E-state index contributed by atoms with van der Waals surface area (Å²) >= 11 is 6.18. The SMILES string of the molecule is O=S(=O)(C1CCN(C2COC2)CC1)N(Cc1ccc(-c2nnc(C(F)F)o2)cn1)c1cccc(Cl)c1. The van der Waals surface area contributed by atoms with E-state index in [1.165, 1.54) is 10.5 Å². The van der Waals surface area contributed by atoms with Crippen molar-refractivity contribution in [3.05, 3.63) is 59.2 Å². The lowest BCUT2D eigenvalue weighted by Gasteiger charge is -2.42. The lowest BCUT2D eigenvalue weighted by molar-refractivity contribution is -0.0695. The van der Waals surface area contributed by atoms with Gasteiger partial charge in [0.2, 0.25) is 15.9 Å². The van der Waals surface area contributed by atoms with Crippen LogP contribution in [0.5, 0.6) is 0 Å². The quantitative estimate of drug-likeness (QED) is 0.424. The Morgan fingerprint density at radius 3 is 2.50 bits per heavy atom. The van der Waals surface area contributed by atoms with Crippen LogP contribution >= 0.6 is 11.6 Å². The van der Waals surface area contributed by atoms with Gasteiger partial charge in [0.15, 0.2) is 0 Å². The summed E-state index contributed by atoms with van der Waals surface area (Å²) in [5, 5.41) is 6.81. The van der Waals surface area contributed by atoms with Crippen LogP contribution in [0.2, 0.25) is 5.02 Å². The van der Waals surface area contributed by atoms with Crippen LogP contribution in [0.1, 0.15) is 30.9 Å². The number of anilines is 1. The highest BCUT2D eigenvalue weighted by Gasteiger charge is 2.38. The number of aromatic nitrogens is 3. The smallest absolute Gasteiger partial charge is 0.314 e. The molecule has 5 rings (SSSR count).